The van der Waals surface area contributed by atoms with Crippen LogP contribution >= 0.6 is 22.9 Å². The van der Waals surface area contributed by atoms with Crippen molar-refractivity contribution >= 4 is 40.4 Å². The van der Waals surface area contributed by atoms with Gasteiger partial charge < -0.3 is 14.8 Å². The lowest BCUT2D eigenvalue weighted by molar-refractivity contribution is -0.123. The Balaban J connectivity index is 1.31. The van der Waals surface area contributed by atoms with Gasteiger partial charge in [-0.1, -0.05) is 11.6 Å². The van der Waals surface area contributed by atoms with Crippen LogP contribution < -0.4 is 14.8 Å². The molecular weight excluding hydrogens is 462 g/mol. The van der Waals surface area contributed by atoms with Gasteiger partial charge in [-0.2, -0.15) is 0 Å². The summed E-state index contributed by atoms with van der Waals surface area (Å²) in [5.74, 6) is 0.882. The van der Waals surface area contributed by atoms with Gasteiger partial charge in [0.15, 0.2) is 18.2 Å². The van der Waals surface area contributed by atoms with Crippen molar-refractivity contribution in [2.45, 2.75) is 26.4 Å². The molecule has 1 N–H and O–H groups in total. The Morgan fingerprint density at radius 2 is 1.85 bits per heavy atom. The number of thiophene rings is 1. The first-order valence-electron chi connectivity index (χ1n) is 10.4. The Kier molecular flexibility index (Phi) is 6.81. The van der Waals surface area contributed by atoms with Crippen molar-refractivity contribution in [3.8, 4) is 21.9 Å². The molecule has 0 saturated carbocycles. The van der Waals surface area contributed by atoms with Gasteiger partial charge in [0.2, 0.25) is 0 Å². The molecule has 0 spiro atoms. The van der Waals surface area contributed by atoms with Crippen molar-refractivity contribution in [1.29, 1.82) is 0 Å². The number of hydrogen-bond donors (Lipinski definition) is 1. The fourth-order valence-corrected chi connectivity index (χ4v) is 4.71. The summed E-state index contributed by atoms with van der Waals surface area (Å²) in [6.45, 7) is 3.22. The van der Waals surface area contributed by atoms with Crippen molar-refractivity contribution < 1.29 is 23.9 Å². The zero-order chi connectivity index (χ0) is 23.5. The van der Waals surface area contributed by atoms with E-state index in [1.807, 2.05) is 24.3 Å². The minimum Gasteiger partial charge on any atom is -0.486 e. The second-order valence-corrected chi connectivity index (χ2v) is 9.27. The molecule has 0 unspecified atom stereocenters. The largest absolute Gasteiger partial charge is 0.486 e. The maximum absolute atomic E-state index is 12.2. The standard InChI is InChI=1S/C25H22ClNO5S/c1-14(28)16-3-5-19(6-4-16)31-13-24(30)27-12-20-10-18-9-17(11-21(26)25(18)32-20)23-8-7-22(33-23)15(2)29/h3-9,11,20H,10,12-13H2,1-2H3,(H,27,30)/t20-/m1/s1. The molecular formula is C25H22ClNO5S. The minimum absolute atomic E-state index is 0.0275. The number of rotatable bonds is 8. The van der Waals surface area contributed by atoms with E-state index in [-0.39, 0.29) is 30.2 Å². The number of ketones is 2. The maximum Gasteiger partial charge on any atom is 0.258 e. The molecule has 0 radical (unpaired) electrons. The van der Waals surface area contributed by atoms with Gasteiger partial charge in [-0.05, 0) is 67.9 Å². The van der Waals surface area contributed by atoms with Crippen LogP contribution in [-0.4, -0.2) is 36.7 Å². The van der Waals surface area contributed by atoms with Crippen LogP contribution in [0.2, 0.25) is 5.02 Å². The number of carbonyl (C=O) groups is 3. The molecule has 170 valence electrons. The Morgan fingerprint density at radius 1 is 1.09 bits per heavy atom. The molecule has 6 nitrogen and oxygen atoms in total. The normalized spacial score (nSPS) is 14.3. The van der Waals surface area contributed by atoms with Crippen LogP contribution in [-0.2, 0) is 11.2 Å². The molecule has 8 heteroatoms. The molecule has 1 amide bonds. The summed E-state index contributed by atoms with van der Waals surface area (Å²) in [5, 5.41) is 3.33. The van der Waals surface area contributed by atoms with Gasteiger partial charge in [0.1, 0.15) is 17.6 Å². The summed E-state index contributed by atoms with van der Waals surface area (Å²) in [6.07, 6.45) is 0.379. The highest BCUT2D eigenvalue weighted by molar-refractivity contribution is 7.17. The van der Waals surface area contributed by atoms with Crippen LogP contribution in [0.5, 0.6) is 11.5 Å². The topological polar surface area (TPSA) is 81.7 Å². The minimum atomic E-state index is -0.271. The number of hydrogen-bond acceptors (Lipinski definition) is 6. The highest BCUT2D eigenvalue weighted by Gasteiger charge is 2.26. The van der Waals surface area contributed by atoms with Crippen LogP contribution in [0.15, 0.2) is 48.5 Å². The van der Waals surface area contributed by atoms with Gasteiger partial charge in [-0.25, -0.2) is 0 Å². The summed E-state index contributed by atoms with van der Waals surface area (Å²) in [6, 6.07) is 14.2. The third kappa shape index (κ3) is 5.43. The summed E-state index contributed by atoms with van der Waals surface area (Å²) < 4.78 is 11.4. The van der Waals surface area contributed by atoms with Crippen LogP contribution in [0.25, 0.3) is 10.4 Å². The number of Topliss-reactive ketones (excluding diaryl/α,β-unsaturated/α-hetero) is 2. The highest BCUT2D eigenvalue weighted by Crippen LogP contribution is 2.41. The van der Waals surface area contributed by atoms with E-state index >= 15 is 0 Å². The number of benzene rings is 2. The molecule has 33 heavy (non-hydrogen) atoms. The molecule has 0 saturated heterocycles. The lowest BCUT2D eigenvalue weighted by Crippen LogP contribution is -2.37. The van der Waals surface area contributed by atoms with E-state index in [2.05, 4.69) is 5.32 Å². The summed E-state index contributed by atoms with van der Waals surface area (Å²) in [4.78, 5) is 36.8. The molecule has 0 bridgehead atoms. The monoisotopic (exact) mass is 483 g/mol. The third-order valence-electron chi connectivity index (χ3n) is 5.25. The zero-order valence-electron chi connectivity index (χ0n) is 18.1. The molecule has 0 fully saturated rings. The van der Waals surface area contributed by atoms with E-state index < -0.39 is 0 Å². The Hall–Kier alpha value is -3.16. The first kappa shape index (κ1) is 23.0. The first-order valence-corrected chi connectivity index (χ1v) is 11.6. The van der Waals surface area contributed by atoms with Gasteiger partial charge in [0, 0.05) is 22.4 Å². The number of halogens is 1. The molecule has 1 aliphatic rings. The molecule has 2 aromatic carbocycles. The smallest absolute Gasteiger partial charge is 0.258 e. The molecule has 1 aromatic heterocycles. The van der Waals surface area contributed by atoms with Gasteiger partial charge in [0.05, 0.1) is 16.4 Å². The quantitative estimate of drug-likeness (QED) is 0.457. The molecule has 0 aliphatic carbocycles. The van der Waals surface area contributed by atoms with Crippen molar-refractivity contribution in [2.75, 3.05) is 13.2 Å². The van der Waals surface area contributed by atoms with E-state index in [1.165, 1.54) is 18.3 Å². The van der Waals surface area contributed by atoms with Gasteiger partial charge in [-0.15, -0.1) is 11.3 Å². The van der Waals surface area contributed by atoms with Crippen LogP contribution in [0, 0.1) is 0 Å². The van der Waals surface area contributed by atoms with Crippen LogP contribution in [0.4, 0.5) is 0 Å². The summed E-state index contributed by atoms with van der Waals surface area (Å²) in [7, 11) is 0. The lowest BCUT2D eigenvalue weighted by Gasteiger charge is -2.13. The second kappa shape index (κ2) is 9.77. The number of fused-ring (bicyclic) bond motifs is 1. The van der Waals surface area contributed by atoms with E-state index in [9.17, 15) is 14.4 Å². The molecule has 1 atom stereocenters. The van der Waals surface area contributed by atoms with Crippen LogP contribution in [0.1, 0.15) is 39.4 Å². The van der Waals surface area contributed by atoms with Gasteiger partial charge in [0.25, 0.3) is 5.91 Å². The predicted octanol–water partition coefficient (Wildman–Crippen LogP) is 4.97. The van der Waals surface area contributed by atoms with Crippen molar-refractivity contribution in [2.24, 2.45) is 0 Å². The lowest BCUT2D eigenvalue weighted by atomic mass is 10.1. The second-order valence-electron chi connectivity index (χ2n) is 7.78. The fourth-order valence-electron chi connectivity index (χ4n) is 3.54. The van der Waals surface area contributed by atoms with Gasteiger partial charge >= 0.3 is 0 Å². The number of carbonyl (C=O) groups excluding carboxylic acids is 3. The first-order chi connectivity index (χ1) is 15.8. The molecule has 1 aliphatic heterocycles. The predicted molar refractivity (Wildman–Crippen MR) is 128 cm³/mol. The Labute approximate surface area is 200 Å². The fraction of sp³-hybridized carbons (Fsp3) is 0.240. The van der Waals surface area contributed by atoms with E-state index in [1.54, 1.807) is 31.2 Å². The number of ether oxygens (including phenoxy) is 2. The van der Waals surface area contributed by atoms with E-state index in [0.717, 1.165) is 16.0 Å². The molecule has 4 rings (SSSR count). The zero-order valence-corrected chi connectivity index (χ0v) is 19.7. The van der Waals surface area contributed by atoms with Crippen molar-refractivity contribution in [3.63, 3.8) is 0 Å². The summed E-state index contributed by atoms with van der Waals surface area (Å²) >= 11 is 7.89. The Morgan fingerprint density at radius 3 is 2.52 bits per heavy atom. The number of nitrogens with one attached hydrogen (secondary N) is 1. The average molecular weight is 484 g/mol. The van der Waals surface area contributed by atoms with Gasteiger partial charge in [-0.3, -0.25) is 14.4 Å². The highest BCUT2D eigenvalue weighted by atomic mass is 35.5. The third-order valence-corrected chi connectivity index (χ3v) is 6.76. The summed E-state index contributed by atoms with van der Waals surface area (Å²) in [5.41, 5.74) is 2.50. The van der Waals surface area contributed by atoms with E-state index in [0.29, 0.717) is 39.9 Å². The van der Waals surface area contributed by atoms with Crippen LogP contribution in [0.3, 0.4) is 0 Å². The van der Waals surface area contributed by atoms with Crippen molar-refractivity contribution in [1.82, 2.24) is 5.32 Å². The maximum atomic E-state index is 12.2. The SMILES string of the molecule is CC(=O)c1ccc(OCC(=O)NC[C@H]2Cc3cc(-c4ccc(C(C)=O)s4)cc(Cl)c3O2)cc1. The number of amides is 1. The Bertz CT molecular complexity index is 1220. The van der Waals surface area contributed by atoms with E-state index in [4.69, 9.17) is 21.1 Å². The molecule has 2 heterocycles. The van der Waals surface area contributed by atoms with Crippen molar-refractivity contribution in [3.05, 3.63) is 69.6 Å². The average Bonchev–Trinajstić information content (AvgIpc) is 3.44. The molecule has 3 aromatic rings.